The molecule has 1 aromatic heterocycles. The Morgan fingerprint density at radius 3 is 2.83 bits per heavy atom. The average molecular weight is 316 g/mol. The first-order valence-corrected chi connectivity index (χ1v) is 7.61. The van der Waals surface area contributed by atoms with E-state index < -0.39 is 0 Å². The molecular weight excluding hydrogens is 296 g/mol. The number of carbonyl (C=O) groups is 1. The van der Waals surface area contributed by atoms with Crippen LogP contribution in [0.2, 0.25) is 0 Å². The van der Waals surface area contributed by atoms with Crippen LogP contribution in [-0.4, -0.2) is 62.8 Å². The summed E-state index contributed by atoms with van der Waals surface area (Å²) in [5.41, 5.74) is 2.18. The number of hydrogen-bond donors (Lipinski definition) is 1. The van der Waals surface area contributed by atoms with Crippen LogP contribution in [0.4, 0.5) is 0 Å². The van der Waals surface area contributed by atoms with Gasteiger partial charge >= 0.3 is 0 Å². The summed E-state index contributed by atoms with van der Waals surface area (Å²) in [6.45, 7) is 4.57. The molecule has 2 heterocycles. The SMILES string of the molecule is Cc1ccc(-n2nccn2)c(C(=O)N2CC(CO)OCC2C)c1. The Balaban J connectivity index is 1.97. The van der Waals surface area contributed by atoms with Gasteiger partial charge in [-0.05, 0) is 26.0 Å². The lowest BCUT2D eigenvalue weighted by Crippen LogP contribution is -2.52. The minimum Gasteiger partial charge on any atom is -0.394 e. The van der Waals surface area contributed by atoms with Gasteiger partial charge in [0.15, 0.2) is 0 Å². The minimum absolute atomic E-state index is 0.0516. The van der Waals surface area contributed by atoms with Crippen molar-refractivity contribution in [3.8, 4) is 5.69 Å². The van der Waals surface area contributed by atoms with Crippen molar-refractivity contribution in [1.29, 1.82) is 0 Å². The predicted molar refractivity (Wildman–Crippen MR) is 83.4 cm³/mol. The van der Waals surface area contributed by atoms with Gasteiger partial charge in [0.2, 0.25) is 0 Å². The molecule has 1 N–H and O–H groups in total. The van der Waals surface area contributed by atoms with Crippen LogP contribution in [-0.2, 0) is 4.74 Å². The molecule has 1 saturated heterocycles. The Morgan fingerprint density at radius 1 is 1.39 bits per heavy atom. The molecule has 1 aromatic carbocycles. The van der Waals surface area contributed by atoms with E-state index >= 15 is 0 Å². The zero-order valence-electron chi connectivity index (χ0n) is 13.2. The van der Waals surface area contributed by atoms with Crippen molar-refractivity contribution in [3.63, 3.8) is 0 Å². The number of aromatic nitrogens is 3. The Morgan fingerprint density at radius 2 is 2.13 bits per heavy atom. The number of hydrogen-bond acceptors (Lipinski definition) is 5. The maximum Gasteiger partial charge on any atom is 0.256 e. The summed E-state index contributed by atoms with van der Waals surface area (Å²) in [6.07, 6.45) is 2.81. The summed E-state index contributed by atoms with van der Waals surface area (Å²) in [5.74, 6) is -0.102. The van der Waals surface area contributed by atoms with Crippen molar-refractivity contribution in [2.75, 3.05) is 19.8 Å². The van der Waals surface area contributed by atoms with Crippen molar-refractivity contribution in [3.05, 3.63) is 41.7 Å². The number of amides is 1. The van der Waals surface area contributed by atoms with Crippen molar-refractivity contribution >= 4 is 5.91 Å². The molecule has 1 amide bonds. The first-order valence-electron chi connectivity index (χ1n) is 7.61. The summed E-state index contributed by atoms with van der Waals surface area (Å²) in [7, 11) is 0. The first-order chi connectivity index (χ1) is 11.1. The summed E-state index contributed by atoms with van der Waals surface area (Å²) in [5, 5.41) is 17.6. The Labute approximate surface area is 134 Å². The molecule has 0 aliphatic carbocycles. The van der Waals surface area contributed by atoms with Gasteiger partial charge in [-0.2, -0.15) is 15.0 Å². The summed E-state index contributed by atoms with van der Waals surface area (Å²) in [4.78, 5) is 16.2. The minimum atomic E-state index is -0.341. The summed E-state index contributed by atoms with van der Waals surface area (Å²) >= 11 is 0. The number of aliphatic hydroxyl groups excluding tert-OH is 1. The third-order valence-electron chi connectivity index (χ3n) is 3.99. The number of carbonyl (C=O) groups excluding carboxylic acids is 1. The number of rotatable bonds is 3. The second-order valence-corrected chi connectivity index (χ2v) is 5.78. The normalized spacial score (nSPS) is 21.4. The zero-order chi connectivity index (χ0) is 16.4. The molecule has 7 nitrogen and oxygen atoms in total. The van der Waals surface area contributed by atoms with Gasteiger partial charge in [-0.3, -0.25) is 4.79 Å². The van der Waals surface area contributed by atoms with E-state index in [-0.39, 0.29) is 24.7 Å². The molecule has 0 radical (unpaired) electrons. The van der Waals surface area contributed by atoms with Crippen molar-refractivity contribution < 1.29 is 14.6 Å². The molecular formula is C16H20N4O3. The first kappa shape index (κ1) is 15.6. The smallest absolute Gasteiger partial charge is 0.256 e. The van der Waals surface area contributed by atoms with Crippen LogP contribution in [0.3, 0.4) is 0 Å². The number of nitrogens with zero attached hydrogens (tertiary/aromatic N) is 4. The molecule has 0 saturated carbocycles. The fourth-order valence-corrected chi connectivity index (χ4v) is 2.70. The van der Waals surface area contributed by atoms with Crippen LogP contribution in [0.15, 0.2) is 30.6 Å². The molecule has 2 aromatic rings. The van der Waals surface area contributed by atoms with Gasteiger partial charge in [-0.25, -0.2) is 0 Å². The molecule has 0 spiro atoms. The molecule has 1 aliphatic rings. The van der Waals surface area contributed by atoms with Gasteiger partial charge in [-0.1, -0.05) is 11.6 Å². The highest BCUT2D eigenvalue weighted by molar-refractivity contribution is 5.98. The van der Waals surface area contributed by atoms with Crippen molar-refractivity contribution in [1.82, 2.24) is 19.9 Å². The van der Waals surface area contributed by atoms with E-state index in [0.29, 0.717) is 24.4 Å². The van der Waals surface area contributed by atoms with Gasteiger partial charge in [0, 0.05) is 6.54 Å². The van der Waals surface area contributed by atoms with E-state index in [4.69, 9.17) is 4.74 Å². The largest absolute Gasteiger partial charge is 0.394 e. The maximum atomic E-state index is 13.1. The number of morpholine rings is 1. The molecule has 2 atom stereocenters. The summed E-state index contributed by atoms with van der Waals surface area (Å²) < 4.78 is 5.51. The maximum absolute atomic E-state index is 13.1. The van der Waals surface area contributed by atoms with Crippen molar-refractivity contribution in [2.24, 2.45) is 0 Å². The second kappa shape index (κ2) is 6.47. The monoisotopic (exact) mass is 316 g/mol. The standard InChI is InChI=1S/C16H20N4O3/c1-11-3-4-15(20-17-5-6-18-20)14(7-11)16(22)19-8-13(9-21)23-10-12(19)2/h3-7,12-13,21H,8-10H2,1-2H3. The van der Waals surface area contributed by atoms with Gasteiger partial charge in [0.1, 0.15) is 0 Å². The lowest BCUT2D eigenvalue weighted by atomic mass is 10.1. The predicted octanol–water partition coefficient (Wildman–Crippen LogP) is 0.798. The quantitative estimate of drug-likeness (QED) is 0.906. The van der Waals surface area contributed by atoms with Gasteiger partial charge < -0.3 is 14.7 Å². The Kier molecular flexibility index (Phi) is 4.40. The Hall–Kier alpha value is -2.25. The molecule has 122 valence electrons. The highest BCUT2D eigenvalue weighted by atomic mass is 16.5. The fraction of sp³-hybridized carbons (Fsp3) is 0.438. The molecule has 1 aliphatic heterocycles. The topological polar surface area (TPSA) is 80.5 Å². The highest BCUT2D eigenvalue weighted by Gasteiger charge is 2.31. The zero-order valence-corrected chi connectivity index (χ0v) is 13.2. The van der Waals surface area contributed by atoms with Crippen molar-refractivity contribution in [2.45, 2.75) is 26.0 Å². The molecule has 2 unspecified atom stereocenters. The summed E-state index contributed by atoms with van der Waals surface area (Å²) in [6, 6.07) is 5.56. The average Bonchev–Trinajstić information content (AvgIpc) is 3.09. The van der Waals surface area contributed by atoms with E-state index in [2.05, 4.69) is 10.2 Å². The van der Waals surface area contributed by atoms with Gasteiger partial charge in [0.25, 0.3) is 5.91 Å². The molecule has 1 fully saturated rings. The number of ether oxygens (including phenoxy) is 1. The van der Waals surface area contributed by atoms with E-state index in [1.165, 1.54) is 4.80 Å². The van der Waals surface area contributed by atoms with Crippen LogP contribution in [0.25, 0.3) is 5.69 Å². The van der Waals surface area contributed by atoms with Crippen LogP contribution >= 0.6 is 0 Å². The lowest BCUT2D eigenvalue weighted by molar-refractivity contribution is -0.0667. The van der Waals surface area contributed by atoms with Crippen LogP contribution in [0.1, 0.15) is 22.8 Å². The molecule has 3 rings (SSSR count). The van der Waals surface area contributed by atoms with Crippen LogP contribution < -0.4 is 0 Å². The third-order valence-corrected chi connectivity index (χ3v) is 3.99. The lowest BCUT2D eigenvalue weighted by Gasteiger charge is -2.37. The molecule has 0 bridgehead atoms. The number of aliphatic hydroxyl groups is 1. The highest BCUT2D eigenvalue weighted by Crippen LogP contribution is 2.21. The fourth-order valence-electron chi connectivity index (χ4n) is 2.70. The third kappa shape index (κ3) is 3.11. The molecule has 23 heavy (non-hydrogen) atoms. The van der Waals surface area contributed by atoms with E-state index in [1.54, 1.807) is 17.3 Å². The van der Waals surface area contributed by atoms with E-state index in [9.17, 15) is 9.90 Å². The van der Waals surface area contributed by atoms with Gasteiger partial charge in [-0.15, -0.1) is 0 Å². The van der Waals surface area contributed by atoms with Crippen LogP contribution in [0, 0.1) is 6.92 Å². The van der Waals surface area contributed by atoms with E-state index in [1.807, 2.05) is 32.0 Å². The van der Waals surface area contributed by atoms with Crippen LogP contribution in [0.5, 0.6) is 0 Å². The number of benzene rings is 1. The number of aryl methyl sites for hydroxylation is 1. The van der Waals surface area contributed by atoms with E-state index in [0.717, 1.165) is 5.56 Å². The Bertz CT molecular complexity index is 687. The molecule has 7 heteroatoms. The van der Waals surface area contributed by atoms with Gasteiger partial charge in [0.05, 0.1) is 49.0 Å². The second-order valence-electron chi connectivity index (χ2n) is 5.78.